The van der Waals surface area contributed by atoms with E-state index < -0.39 is 10.0 Å². The number of sulfonamides is 1. The van der Waals surface area contributed by atoms with E-state index in [9.17, 15) is 8.42 Å². The Kier molecular flexibility index (Phi) is 4.09. The molecule has 0 saturated carbocycles. The molecule has 2 heterocycles. The molecule has 0 bridgehead atoms. The van der Waals surface area contributed by atoms with Gasteiger partial charge in [-0.2, -0.15) is 0 Å². The summed E-state index contributed by atoms with van der Waals surface area (Å²) in [5.41, 5.74) is 0.712. The smallest absolute Gasteiger partial charge is 0.216 e. The molecule has 2 rings (SSSR count). The van der Waals surface area contributed by atoms with Crippen LogP contribution < -0.4 is 10.0 Å². The monoisotopic (exact) mass is 255 g/mol. The quantitative estimate of drug-likeness (QED) is 0.809. The normalized spacial score (nSPS) is 21.3. The Bertz CT molecular complexity index is 441. The van der Waals surface area contributed by atoms with Crippen molar-refractivity contribution >= 4 is 10.0 Å². The Morgan fingerprint density at radius 2 is 2.41 bits per heavy atom. The number of nitrogens with one attached hydrogen (secondary N) is 2. The average Bonchev–Trinajstić information content (AvgIpc) is 2.30. The number of aromatic nitrogens is 1. The maximum atomic E-state index is 11.9. The van der Waals surface area contributed by atoms with E-state index in [-0.39, 0.29) is 11.8 Å². The number of piperidine rings is 1. The fourth-order valence-corrected chi connectivity index (χ4v) is 3.35. The van der Waals surface area contributed by atoms with Crippen molar-refractivity contribution in [3.8, 4) is 0 Å². The lowest BCUT2D eigenvalue weighted by Crippen LogP contribution is -2.45. The molecular formula is C11H17N3O2S. The lowest BCUT2D eigenvalue weighted by Gasteiger charge is -2.23. The van der Waals surface area contributed by atoms with Crippen molar-refractivity contribution in [1.29, 1.82) is 0 Å². The molecule has 17 heavy (non-hydrogen) atoms. The van der Waals surface area contributed by atoms with Gasteiger partial charge < -0.3 is 5.32 Å². The zero-order valence-electron chi connectivity index (χ0n) is 9.59. The predicted molar refractivity (Wildman–Crippen MR) is 65.9 cm³/mol. The van der Waals surface area contributed by atoms with E-state index in [4.69, 9.17) is 0 Å². The van der Waals surface area contributed by atoms with Crippen LogP contribution in [0.15, 0.2) is 24.5 Å². The maximum Gasteiger partial charge on any atom is 0.216 e. The lowest BCUT2D eigenvalue weighted by molar-refractivity contribution is 0.428. The second kappa shape index (κ2) is 5.57. The van der Waals surface area contributed by atoms with Gasteiger partial charge in [-0.15, -0.1) is 0 Å². The summed E-state index contributed by atoms with van der Waals surface area (Å²) in [6, 6.07) is 3.53. The minimum absolute atomic E-state index is 0.00264. The van der Waals surface area contributed by atoms with Gasteiger partial charge in [-0.25, -0.2) is 13.1 Å². The van der Waals surface area contributed by atoms with Gasteiger partial charge in [-0.1, -0.05) is 6.07 Å². The second-order valence-corrected chi connectivity index (χ2v) is 6.04. The number of hydrogen-bond acceptors (Lipinski definition) is 4. The summed E-state index contributed by atoms with van der Waals surface area (Å²) in [5.74, 6) is -0.00264. The molecule has 1 aromatic rings. The highest BCUT2D eigenvalue weighted by atomic mass is 32.2. The van der Waals surface area contributed by atoms with Gasteiger partial charge >= 0.3 is 0 Å². The van der Waals surface area contributed by atoms with Gasteiger partial charge in [0.25, 0.3) is 0 Å². The summed E-state index contributed by atoms with van der Waals surface area (Å²) in [6.07, 6.45) is 5.13. The number of rotatable bonds is 4. The SMILES string of the molecule is O=S(=O)(Cc1cccnc1)NC1CCCNC1. The van der Waals surface area contributed by atoms with E-state index in [0.29, 0.717) is 12.1 Å². The van der Waals surface area contributed by atoms with E-state index in [1.165, 1.54) is 0 Å². The molecule has 1 fully saturated rings. The number of nitrogens with zero attached hydrogens (tertiary/aromatic N) is 1. The third-order valence-corrected chi connectivity index (χ3v) is 4.13. The summed E-state index contributed by atoms with van der Waals surface area (Å²) in [6.45, 7) is 1.69. The molecule has 0 spiro atoms. The summed E-state index contributed by atoms with van der Waals surface area (Å²) < 4.78 is 26.5. The Morgan fingerprint density at radius 1 is 1.53 bits per heavy atom. The highest BCUT2D eigenvalue weighted by molar-refractivity contribution is 7.88. The first-order chi connectivity index (χ1) is 8.16. The van der Waals surface area contributed by atoms with Crippen LogP contribution in [0.4, 0.5) is 0 Å². The molecule has 0 amide bonds. The van der Waals surface area contributed by atoms with Crippen LogP contribution in [0.2, 0.25) is 0 Å². The first kappa shape index (κ1) is 12.5. The van der Waals surface area contributed by atoms with E-state index in [1.807, 2.05) is 0 Å². The van der Waals surface area contributed by atoms with Crippen LogP contribution in [-0.2, 0) is 15.8 Å². The van der Waals surface area contributed by atoms with Crippen molar-refractivity contribution in [3.05, 3.63) is 30.1 Å². The van der Waals surface area contributed by atoms with Crippen molar-refractivity contribution in [1.82, 2.24) is 15.0 Å². The van der Waals surface area contributed by atoms with Crippen molar-refractivity contribution < 1.29 is 8.42 Å². The Hall–Kier alpha value is -0.980. The average molecular weight is 255 g/mol. The number of hydrogen-bond donors (Lipinski definition) is 2. The molecule has 0 aliphatic carbocycles. The van der Waals surface area contributed by atoms with Crippen LogP contribution in [0, 0.1) is 0 Å². The highest BCUT2D eigenvalue weighted by Gasteiger charge is 2.20. The molecule has 0 aromatic carbocycles. The van der Waals surface area contributed by atoms with Gasteiger partial charge in [0.05, 0.1) is 5.75 Å². The molecule has 2 N–H and O–H groups in total. The van der Waals surface area contributed by atoms with Gasteiger partial charge in [0.2, 0.25) is 10.0 Å². The van der Waals surface area contributed by atoms with Crippen LogP contribution in [0.3, 0.4) is 0 Å². The highest BCUT2D eigenvalue weighted by Crippen LogP contribution is 2.07. The van der Waals surface area contributed by atoms with Crippen LogP contribution >= 0.6 is 0 Å². The third-order valence-electron chi connectivity index (χ3n) is 2.72. The van der Waals surface area contributed by atoms with Gasteiger partial charge in [0, 0.05) is 25.0 Å². The van der Waals surface area contributed by atoms with Crippen molar-refractivity contribution in [2.24, 2.45) is 0 Å². The van der Waals surface area contributed by atoms with Crippen molar-refractivity contribution in [2.75, 3.05) is 13.1 Å². The maximum absolute atomic E-state index is 11.9. The molecule has 1 saturated heterocycles. The molecule has 0 radical (unpaired) electrons. The van der Waals surface area contributed by atoms with Crippen LogP contribution in [0.5, 0.6) is 0 Å². The van der Waals surface area contributed by atoms with Crippen LogP contribution in [0.25, 0.3) is 0 Å². The van der Waals surface area contributed by atoms with Crippen molar-refractivity contribution in [3.63, 3.8) is 0 Å². The molecule has 5 nitrogen and oxygen atoms in total. The Labute approximate surface area is 102 Å². The number of pyridine rings is 1. The minimum Gasteiger partial charge on any atom is -0.315 e. The van der Waals surface area contributed by atoms with Crippen LogP contribution in [0.1, 0.15) is 18.4 Å². The molecule has 94 valence electrons. The zero-order valence-corrected chi connectivity index (χ0v) is 10.4. The zero-order chi connectivity index (χ0) is 12.1. The van der Waals surface area contributed by atoms with Crippen molar-refractivity contribution in [2.45, 2.75) is 24.6 Å². The molecule has 1 unspecified atom stereocenters. The van der Waals surface area contributed by atoms with E-state index >= 15 is 0 Å². The molecule has 1 aliphatic heterocycles. The van der Waals surface area contributed by atoms with Crippen LogP contribution in [-0.4, -0.2) is 32.5 Å². The summed E-state index contributed by atoms with van der Waals surface area (Å²) in [4.78, 5) is 3.91. The molecule has 6 heteroatoms. The largest absolute Gasteiger partial charge is 0.315 e. The van der Waals surface area contributed by atoms with Gasteiger partial charge in [0.15, 0.2) is 0 Å². The molecule has 1 aromatic heterocycles. The minimum atomic E-state index is -3.26. The molecule has 1 aliphatic rings. The fraction of sp³-hybridized carbons (Fsp3) is 0.545. The van der Waals surface area contributed by atoms with Gasteiger partial charge in [-0.3, -0.25) is 4.98 Å². The van der Waals surface area contributed by atoms with Gasteiger partial charge in [-0.05, 0) is 31.0 Å². The van der Waals surface area contributed by atoms with E-state index in [1.54, 1.807) is 24.5 Å². The predicted octanol–water partition coefficient (Wildman–Crippen LogP) is 0.253. The molecular weight excluding hydrogens is 238 g/mol. The van der Waals surface area contributed by atoms with E-state index in [0.717, 1.165) is 19.4 Å². The van der Waals surface area contributed by atoms with Gasteiger partial charge in [0.1, 0.15) is 0 Å². The first-order valence-corrected chi connectivity index (χ1v) is 7.40. The topological polar surface area (TPSA) is 71.1 Å². The Morgan fingerprint density at radius 3 is 3.06 bits per heavy atom. The standard InChI is InChI=1S/C11H17N3O2S/c15-17(16,9-10-3-1-5-12-7-10)14-11-4-2-6-13-8-11/h1,3,5,7,11,13-14H,2,4,6,8-9H2. The summed E-state index contributed by atoms with van der Waals surface area (Å²) in [7, 11) is -3.26. The lowest BCUT2D eigenvalue weighted by atomic mass is 10.1. The van der Waals surface area contributed by atoms with E-state index in [2.05, 4.69) is 15.0 Å². The summed E-state index contributed by atoms with van der Waals surface area (Å²) in [5, 5.41) is 3.18. The summed E-state index contributed by atoms with van der Waals surface area (Å²) >= 11 is 0. The molecule has 1 atom stereocenters. The Balaban J connectivity index is 1.94. The third kappa shape index (κ3) is 4.07. The second-order valence-electron chi connectivity index (χ2n) is 4.28. The fourth-order valence-electron chi connectivity index (χ4n) is 1.95. The first-order valence-electron chi connectivity index (χ1n) is 5.75.